The molecule has 0 aromatic heterocycles. The molecule has 1 aliphatic rings. The van der Waals surface area contributed by atoms with Gasteiger partial charge in [-0.15, -0.1) is 11.8 Å². The van der Waals surface area contributed by atoms with Gasteiger partial charge in [-0.1, -0.05) is 0 Å². The summed E-state index contributed by atoms with van der Waals surface area (Å²) in [5.74, 6) is 0.853. The van der Waals surface area contributed by atoms with Gasteiger partial charge in [0.15, 0.2) is 0 Å². The van der Waals surface area contributed by atoms with Gasteiger partial charge < -0.3 is 5.32 Å². The summed E-state index contributed by atoms with van der Waals surface area (Å²) < 4.78 is 26.3. The molecule has 1 heterocycles. The summed E-state index contributed by atoms with van der Waals surface area (Å²) in [7, 11) is 0. The van der Waals surface area contributed by atoms with Crippen LogP contribution < -0.4 is 5.32 Å². The Morgan fingerprint density at radius 2 is 2.24 bits per heavy atom. The van der Waals surface area contributed by atoms with Crippen molar-refractivity contribution in [2.75, 3.05) is 18.8 Å². The predicted octanol–water partition coefficient (Wildman–Crippen LogP) is 3.45. The minimum absolute atomic E-state index is 0.321. The Morgan fingerprint density at radius 3 is 3.00 bits per heavy atom. The largest absolute Gasteiger partial charge is 0.316 e. The van der Waals surface area contributed by atoms with Crippen LogP contribution in [0, 0.1) is 17.6 Å². The summed E-state index contributed by atoms with van der Waals surface area (Å²) in [6.45, 7) is 2.17. The number of piperidine rings is 1. The Bertz CT molecular complexity index is 364. The standard InChI is InChI=1S/C13H17F2NS/c14-11-3-4-12(15)13(8-11)17-7-5-10-2-1-6-16-9-10/h3-4,8,10,16H,1-2,5-7,9H2. The summed E-state index contributed by atoms with van der Waals surface area (Å²) in [5.41, 5.74) is 0. The first-order valence-corrected chi connectivity index (χ1v) is 7.03. The van der Waals surface area contributed by atoms with Crippen molar-refractivity contribution in [3.05, 3.63) is 29.8 Å². The molecule has 0 amide bonds. The Kier molecular flexibility index (Phi) is 4.80. The van der Waals surface area contributed by atoms with E-state index in [0.717, 1.165) is 31.3 Å². The van der Waals surface area contributed by atoms with Gasteiger partial charge in [0, 0.05) is 4.90 Å². The van der Waals surface area contributed by atoms with Gasteiger partial charge in [0.2, 0.25) is 0 Å². The second kappa shape index (κ2) is 6.36. The van der Waals surface area contributed by atoms with E-state index in [9.17, 15) is 8.78 Å². The lowest BCUT2D eigenvalue weighted by molar-refractivity contribution is 0.371. The van der Waals surface area contributed by atoms with E-state index in [-0.39, 0.29) is 11.6 Å². The number of hydrogen-bond acceptors (Lipinski definition) is 2. The number of benzene rings is 1. The highest BCUT2D eigenvalue weighted by atomic mass is 32.2. The molecule has 1 unspecified atom stereocenters. The van der Waals surface area contributed by atoms with Crippen LogP contribution in [0.4, 0.5) is 8.78 Å². The minimum Gasteiger partial charge on any atom is -0.316 e. The van der Waals surface area contributed by atoms with Gasteiger partial charge in [-0.25, -0.2) is 8.78 Å². The first-order valence-electron chi connectivity index (χ1n) is 6.04. The quantitative estimate of drug-likeness (QED) is 0.829. The molecule has 0 spiro atoms. The van der Waals surface area contributed by atoms with E-state index in [0.29, 0.717) is 10.8 Å². The molecular weight excluding hydrogens is 240 g/mol. The molecule has 0 bridgehead atoms. The summed E-state index contributed by atoms with van der Waals surface area (Å²) >= 11 is 1.41. The zero-order valence-corrected chi connectivity index (χ0v) is 10.5. The normalized spacial score (nSPS) is 20.5. The molecule has 0 radical (unpaired) electrons. The lowest BCUT2D eigenvalue weighted by atomic mass is 9.97. The molecule has 1 fully saturated rings. The second-order valence-electron chi connectivity index (χ2n) is 4.42. The topological polar surface area (TPSA) is 12.0 Å². The molecular formula is C13H17F2NS. The Labute approximate surface area is 105 Å². The third-order valence-corrected chi connectivity index (χ3v) is 4.14. The number of thioether (sulfide) groups is 1. The Morgan fingerprint density at radius 1 is 1.35 bits per heavy atom. The Hall–Kier alpha value is -0.610. The highest BCUT2D eigenvalue weighted by Crippen LogP contribution is 2.25. The van der Waals surface area contributed by atoms with Crippen molar-refractivity contribution in [1.29, 1.82) is 0 Å². The van der Waals surface area contributed by atoms with Crippen LogP contribution in [-0.4, -0.2) is 18.8 Å². The molecule has 17 heavy (non-hydrogen) atoms. The van der Waals surface area contributed by atoms with E-state index in [1.165, 1.54) is 36.7 Å². The third-order valence-electron chi connectivity index (χ3n) is 3.08. The average molecular weight is 257 g/mol. The molecule has 1 aliphatic heterocycles. The molecule has 2 rings (SSSR count). The first kappa shape index (κ1) is 12.8. The monoisotopic (exact) mass is 257 g/mol. The molecule has 1 aromatic rings. The van der Waals surface area contributed by atoms with Gasteiger partial charge in [-0.2, -0.15) is 0 Å². The molecule has 1 N–H and O–H groups in total. The zero-order valence-electron chi connectivity index (χ0n) is 9.72. The van der Waals surface area contributed by atoms with Crippen molar-refractivity contribution < 1.29 is 8.78 Å². The van der Waals surface area contributed by atoms with Crippen molar-refractivity contribution in [1.82, 2.24) is 5.32 Å². The molecule has 0 aliphatic carbocycles. The minimum atomic E-state index is -0.367. The number of halogens is 2. The molecule has 1 aromatic carbocycles. The van der Waals surface area contributed by atoms with Crippen molar-refractivity contribution in [3.63, 3.8) is 0 Å². The summed E-state index contributed by atoms with van der Waals surface area (Å²) in [4.78, 5) is 0.425. The van der Waals surface area contributed by atoms with E-state index < -0.39 is 0 Å². The number of nitrogens with one attached hydrogen (secondary N) is 1. The molecule has 4 heteroatoms. The molecule has 1 saturated heterocycles. The first-order chi connectivity index (χ1) is 8.25. The van der Waals surface area contributed by atoms with Crippen molar-refractivity contribution in [2.24, 2.45) is 5.92 Å². The number of rotatable bonds is 4. The predicted molar refractivity (Wildman–Crippen MR) is 67.3 cm³/mol. The van der Waals surface area contributed by atoms with E-state index in [1.54, 1.807) is 0 Å². The van der Waals surface area contributed by atoms with Crippen LogP contribution in [0.2, 0.25) is 0 Å². The van der Waals surface area contributed by atoms with Crippen LogP contribution >= 0.6 is 11.8 Å². The van der Waals surface area contributed by atoms with E-state index in [1.807, 2.05) is 0 Å². The fraction of sp³-hybridized carbons (Fsp3) is 0.538. The fourth-order valence-electron chi connectivity index (χ4n) is 2.09. The molecule has 1 atom stereocenters. The maximum absolute atomic E-state index is 13.3. The van der Waals surface area contributed by atoms with Crippen LogP contribution in [0.5, 0.6) is 0 Å². The van der Waals surface area contributed by atoms with Crippen LogP contribution in [0.3, 0.4) is 0 Å². The van der Waals surface area contributed by atoms with Crippen LogP contribution in [0.15, 0.2) is 23.1 Å². The summed E-state index contributed by atoms with van der Waals surface area (Å²) in [6.07, 6.45) is 3.54. The van der Waals surface area contributed by atoms with Crippen molar-refractivity contribution in [2.45, 2.75) is 24.2 Å². The highest BCUT2D eigenvalue weighted by molar-refractivity contribution is 7.99. The van der Waals surface area contributed by atoms with Crippen LogP contribution in [0.25, 0.3) is 0 Å². The lowest BCUT2D eigenvalue weighted by Crippen LogP contribution is -2.29. The van der Waals surface area contributed by atoms with Gasteiger partial charge in [-0.05, 0) is 62.2 Å². The second-order valence-corrected chi connectivity index (χ2v) is 5.56. The van der Waals surface area contributed by atoms with Gasteiger partial charge in [0.05, 0.1) is 0 Å². The number of hydrogen-bond donors (Lipinski definition) is 1. The lowest BCUT2D eigenvalue weighted by Gasteiger charge is -2.22. The van der Waals surface area contributed by atoms with E-state index in [4.69, 9.17) is 0 Å². The van der Waals surface area contributed by atoms with Crippen LogP contribution in [-0.2, 0) is 0 Å². The van der Waals surface area contributed by atoms with Gasteiger partial charge in [-0.3, -0.25) is 0 Å². The maximum atomic E-state index is 13.3. The SMILES string of the molecule is Fc1ccc(F)c(SCCC2CCCNC2)c1. The summed E-state index contributed by atoms with van der Waals surface area (Å²) in [5, 5.41) is 3.36. The highest BCUT2D eigenvalue weighted by Gasteiger charge is 2.13. The van der Waals surface area contributed by atoms with E-state index >= 15 is 0 Å². The third kappa shape index (κ3) is 3.96. The molecule has 94 valence electrons. The smallest absolute Gasteiger partial charge is 0.136 e. The van der Waals surface area contributed by atoms with Crippen molar-refractivity contribution in [3.8, 4) is 0 Å². The van der Waals surface area contributed by atoms with Gasteiger partial charge in [0.25, 0.3) is 0 Å². The van der Waals surface area contributed by atoms with Crippen molar-refractivity contribution >= 4 is 11.8 Å². The van der Waals surface area contributed by atoms with Gasteiger partial charge in [0.1, 0.15) is 11.6 Å². The average Bonchev–Trinajstić information content (AvgIpc) is 2.35. The van der Waals surface area contributed by atoms with Gasteiger partial charge >= 0.3 is 0 Å². The zero-order chi connectivity index (χ0) is 12.1. The molecule has 0 saturated carbocycles. The maximum Gasteiger partial charge on any atom is 0.136 e. The fourth-order valence-corrected chi connectivity index (χ4v) is 3.17. The van der Waals surface area contributed by atoms with E-state index in [2.05, 4.69) is 5.32 Å². The van der Waals surface area contributed by atoms with Crippen LogP contribution in [0.1, 0.15) is 19.3 Å². The Balaban J connectivity index is 1.79. The summed E-state index contributed by atoms with van der Waals surface area (Å²) in [6, 6.07) is 3.63. The molecule has 1 nitrogen and oxygen atoms in total.